The molecule has 206 valence electrons. The predicted molar refractivity (Wildman–Crippen MR) is 152 cm³/mol. The average Bonchev–Trinajstić information content (AvgIpc) is 3.41. The van der Waals surface area contributed by atoms with Crippen LogP contribution in [0.5, 0.6) is 0 Å². The van der Waals surface area contributed by atoms with Crippen molar-refractivity contribution < 1.29 is 18.6 Å². The lowest BCUT2D eigenvalue weighted by atomic mass is 9.89. The second-order valence-electron chi connectivity index (χ2n) is 12.8. The van der Waals surface area contributed by atoms with Gasteiger partial charge in [-0.15, -0.1) is 0 Å². The van der Waals surface area contributed by atoms with E-state index in [1.165, 1.54) is 0 Å². The van der Waals surface area contributed by atoms with Crippen LogP contribution in [0.15, 0.2) is 36.8 Å². The summed E-state index contributed by atoms with van der Waals surface area (Å²) in [5.74, 6) is -0.734. The summed E-state index contributed by atoms with van der Waals surface area (Å²) in [5.41, 5.74) is 3.32. The van der Waals surface area contributed by atoms with Gasteiger partial charge in [-0.3, -0.25) is 0 Å². The number of hydrogen-bond acceptors (Lipinski definition) is 6. The molecule has 2 aliphatic heterocycles. The van der Waals surface area contributed by atoms with E-state index in [1.54, 1.807) is 6.33 Å². The molecule has 4 heterocycles. The smallest absolute Gasteiger partial charge is 0.192 e. The van der Waals surface area contributed by atoms with E-state index in [0.29, 0.717) is 18.1 Å². The molecule has 2 aromatic heterocycles. The van der Waals surface area contributed by atoms with E-state index >= 15 is 0 Å². The summed E-state index contributed by atoms with van der Waals surface area (Å²) in [6.45, 7) is 19.8. The fourth-order valence-corrected chi connectivity index (χ4v) is 6.51. The molecule has 7 nitrogen and oxygen atoms in total. The highest BCUT2D eigenvalue weighted by molar-refractivity contribution is 6.74. The van der Waals surface area contributed by atoms with E-state index < -0.39 is 25.9 Å². The Bertz CT molecular complexity index is 1350. The van der Waals surface area contributed by atoms with Gasteiger partial charge >= 0.3 is 0 Å². The molecule has 4 atom stereocenters. The maximum absolute atomic E-state index is 6.79. The summed E-state index contributed by atoms with van der Waals surface area (Å²) in [6.07, 6.45) is 3.29. The van der Waals surface area contributed by atoms with E-state index in [1.807, 2.05) is 45.2 Å². The summed E-state index contributed by atoms with van der Waals surface area (Å²) in [7, 11) is -1.94. The number of fused-ring (bicyclic) bond motifs is 2. The zero-order valence-corrected chi connectivity index (χ0v) is 25.7. The van der Waals surface area contributed by atoms with Gasteiger partial charge in [0.2, 0.25) is 0 Å². The van der Waals surface area contributed by atoms with Crippen molar-refractivity contribution in [3.63, 3.8) is 0 Å². The third-order valence-electron chi connectivity index (χ3n) is 8.59. The molecule has 0 saturated carbocycles. The van der Waals surface area contributed by atoms with E-state index in [9.17, 15) is 0 Å². The van der Waals surface area contributed by atoms with Crippen LogP contribution in [-0.2, 0) is 31.7 Å². The molecule has 0 radical (unpaired) electrons. The first kappa shape index (κ1) is 27.7. The normalized spacial score (nSPS) is 27.3. The Balaban J connectivity index is 1.47. The van der Waals surface area contributed by atoms with Crippen LogP contribution in [-0.4, -0.2) is 46.4 Å². The minimum absolute atomic E-state index is 0.121. The second-order valence-corrected chi connectivity index (χ2v) is 18.1. The number of aromatic nitrogens is 3. The summed E-state index contributed by atoms with van der Waals surface area (Å²) in [5, 5.41) is 1.82. The minimum atomic E-state index is -1.94. The van der Waals surface area contributed by atoms with Crippen LogP contribution in [0.4, 0.5) is 0 Å². The Morgan fingerprint density at radius 2 is 1.84 bits per heavy atom. The van der Waals surface area contributed by atoms with Crippen LogP contribution >= 0.6 is 11.6 Å². The van der Waals surface area contributed by atoms with Crippen LogP contribution in [0, 0.1) is 6.92 Å². The Hall–Kier alpha value is -1.81. The molecular weight excluding hydrogens is 518 g/mol. The Kier molecular flexibility index (Phi) is 6.85. The molecule has 3 aromatic rings. The van der Waals surface area contributed by atoms with Gasteiger partial charge in [-0.25, -0.2) is 9.97 Å². The van der Waals surface area contributed by atoms with Crippen molar-refractivity contribution in [1.82, 2.24) is 14.5 Å². The van der Waals surface area contributed by atoms with Gasteiger partial charge in [-0.2, -0.15) is 0 Å². The van der Waals surface area contributed by atoms with Gasteiger partial charge in [0.05, 0.1) is 18.4 Å². The fraction of sp³-hybridized carbons (Fsp3) is 0.586. The maximum atomic E-state index is 6.79. The molecule has 9 heteroatoms. The topological polar surface area (TPSA) is 67.6 Å². The molecule has 5 rings (SSSR count). The van der Waals surface area contributed by atoms with Gasteiger partial charge in [0, 0.05) is 23.0 Å². The lowest BCUT2D eigenvalue weighted by Gasteiger charge is -2.36. The summed E-state index contributed by atoms with van der Waals surface area (Å²) >= 11 is 6.45. The lowest BCUT2D eigenvalue weighted by Crippen LogP contribution is -2.44. The molecule has 0 amide bonds. The number of hydrogen-bond donors (Lipinski definition) is 0. The van der Waals surface area contributed by atoms with Crippen LogP contribution in [0.25, 0.3) is 11.0 Å². The first-order chi connectivity index (χ1) is 17.6. The molecule has 2 fully saturated rings. The summed E-state index contributed by atoms with van der Waals surface area (Å²) in [4.78, 5) is 8.91. The molecule has 2 saturated heterocycles. The van der Waals surface area contributed by atoms with Crippen molar-refractivity contribution in [3.05, 3.63) is 58.6 Å². The van der Waals surface area contributed by atoms with Crippen molar-refractivity contribution in [2.24, 2.45) is 0 Å². The zero-order valence-electron chi connectivity index (χ0n) is 24.0. The Morgan fingerprint density at radius 1 is 1.11 bits per heavy atom. The SMILES string of the molecule is Cc1ncnc2c1ccn2[C@@H]1O[C@H](Cc2ccc(Cl)cc2CO[Si](C)(C)C(C)(C)C)[C@@]2(C)OC(C)(C)O[C@@H]12. The highest BCUT2D eigenvalue weighted by atomic mass is 35.5. The number of ether oxygens (including phenoxy) is 3. The number of aryl methyl sites for hydroxylation is 1. The molecule has 1 aromatic carbocycles. The van der Waals surface area contributed by atoms with Crippen LogP contribution in [0.2, 0.25) is 23.2 Å². The molecule has 0 spiro atoms. The first-order valence-corrected chi connectivity index (χ1v) is 16.6. The second kappa shape index (κ2) is 9.39. The van der Waals surface area contributed by atoms with Crippen LogP contribution in [0.1, 0.15) is 64.6 Å². The maximum Gasteiger partial charge on any atom is 0.192 e. The molecule has 0 bridgehead atoms. The lowest BCUT2D eigenvalue weighted by molar-refractivity contribution is -0.210. The largest absolute Gasteiger partial charge is 0.413 e. The highest BCUT2D eigenvalue weighted by Gasteiger charge is 2.64. The highest BCUT2D eigenvalue weighted by Crippen LogP contribution is 2.51. The Morgan fingerprint density at radius 3 is 2.55 bits per heavy atom. The monoisotopic (exact) mass is 557 g/mol. The summed E-state index contributed by atoms with van der Waals surface area (Å²) < 4.78 is 28.5. The van der Waals surface area contributed by atoms with Crippen molar-refractivity contribution in [2.75, 3.05) is 0 Å². The van der Waals surface area contributed by atoms with Crippen LogP contribution < -0.4 is 0 Å². The van der Waals surface area contributed by atoms with E-state index in [2.05, 4.69) is 61.4 Å². The molecule has 0 N–H and O–H groups in total. The average molecular weight is 558 g/mol. The van der Waals surface area contributed by atoms with Gasteiger partial charge in [0.15, 0.2) is 20.3 Å². The van der Waals surface area contributed by atoms with E-state index in [4.69, 9.17) is 30.2 Å². The van der Waals surface area contributed by atoms with E-state index in [-0.39, 0.29) is 17.2 Å². The predicted octanol–water partition coefficient (Wildman–Crippen LogP) is 6.97. The van der Waals surface area contributed by atoms with Gasteiger partial charge in [-0.05, 0) is 75.2 Å². The minimum Gasteiger partial charge on any atom is -0.413 e. The molecule has 38 heavy (non-hydrogen) atoms. The van der Waals surface area contributed by atoms with E-state index in [0.717, 1.165) is 27.9 Å². The van der Waals surface area contributed by atoms with Crippen LogP contribution in [0.3, 0.4) is 0 Å². The quantitative estimate of drug-likeness (QED) is 0.305. The number of benzene rings is 1. The van der Waals surface area contributed by atoms with Gasteiger partial charge in [0.1, 0.15) is 23.7 Å². The number of rotatable bonds is 6. The van der Waals surface area contributed by atoms with Crippen molar-refractivity contribution in [3.8, 4) is 0 Å². The van der Waals surface area contributed by atoms with Crippen molar-refractivity contribution >= 4 is 31.0 Å². The Labute approximate surface area is 231 Å². The number of nitrogens with zero attached hydrogens (tertiary/aromatic N) is 3. The molecule has 0 aliphatic carbocycles. The third kappa shape index (κ3) is 4.84. The first-order valence-electron chi connectivity index (χ1n) is 13.3. The standard InChI is InChI=1S/C29H40ClN3O4Si/c1-18-22-12-13-33(25(22)32-17-31-18)26-24-29(7,37-28(5,6)36-24)23(35-26)15-19-10-11-21(30)14-20(19)16-34-38(8,9)27(2,3)4/h10-14,17,23-24,26H,15-16H2,1-9H3/t23-,24+,26-,29-/m1/s1. The van der Waals surface area contributed by atoms with Crippen molar-refractivity contribution in [2.45, 2.75) is 109 Å². The molecule has 0 unspecified atom stereocenters. The third-order valence-corrected chi connectivity index (χ3v) is 13.3. The molecule has 2 aliphatic rings. The van der Waals surface area contributed by atoms with Crippen molar-refractivity contribution in [1.29, 1.82) is 0 Å². The van der Waals surface area contributed by atoms with Gasteiger partial charge in [0.25, 0.3) is 0 Å². The zero-order chi connectivity index (χ0) is 27.7. The number of halogens is 1. The molecular formula is C29H40ClN3O4Si. The fourth-order valence-electron chi connectivity index (χ4n) is 5.37. The van der Waals surface area contributed by atoms with Gasteiger partial charge in [-0.1, -0.05) is 38.4 Å². The van der Waals surface area contributed by atoms with Gasteiger partial charge < -0.3 is 23.2 Å². The summed E-state index contributed by atoms with van der Waals surface area (Å²) in [6, 6.07) is 8.08.